The lowest BCUT2D eigenvalue weighted by Gasteiger charge is -2.32. The molecule has 8 heteroatoms. The molecular formula is C21H27FN4O3. The van der Waals surface area contributed by atoms with Crippen LogP contribution in [0.2, 0.25) is 0 Å². The summed E-state index contributed by atoms with van der Waals surface area (Å²) in [6.07, 6.45) is 5.96. The third-order valence-electron chi connectivity index (χ3n) is 6.06. The number of likely N-dealkylation sites (tertiary alicyclic amines) is 1. The van der Waals surface area contributed by atoms with E-state index in [1.807, 2.05) is 4.57 Å². The zero-order chi connectivity index (χ0) is 20.4. The molecule has 0 atom stereocenters. The third-order valence-corrected chi connectivity index (χ3v) is 6.06. The number of piperidine rings is 1. The molecule has 2 fully saturated rings. The number of aromatic nitrogens is 3. The number of aryl methyl sites for hydroxylation is 1. The lowest BCUT2D eigenvalue weighted by molar-refractivity contribution is -0.134. The molecule has 0 bridgehead atoms. The first-order valence-corrected chi connectivity index (χ1v) is 10.3. The second-order valence-corrected chi connectivity index (χ2v) is 7.97. The second-order valence-electron chi connectivity index (χ2n) is 7.97. The van der Waals surface area contributed by atoms with E-state index in [0.29, 0.717) is 18.8 Å². The van der Waals surface area contributed by atoms with Gasteiger partial charge in [-0.2, -0.15) is 5.10 Å². The first-order valence-electron chi connectivity index (χ1n) is 10.3. The molecule has 0 spiro atoms. The first-order chi connectivity index (χ1) is 14.0. The minimum Gasteiger partial charge on any atom is -0.484 e. The highest BCUT2D eigenvalue weighted by Gasteiger charge is 2.31. The van der Waals surface area contributed by atoms with Crippen LogP contribution < -0.4 is 10.4 Å². The Balaban J connectivity index is 1.36. The highest BCUT2D eigenvalue weighted by Crippen LogP contribution is 2.33. The molecule has 4 rings (SSSR count). The summed E-state index contributed by atoms with van der Waals surface area (Å²) in [5.74, 6) is 1.12. The minimum absolute atomic E-state index is 0.0295. The predicted molar refractivity (Wildman–Crippen MR) is 105 cm³/mol. The van der Waals surface area contributed by atoms with Crippen LogP contribution in [0.3, 0.4) is 0 Å². The van der Waals surface area contributed by atoms with Crippen molar-refractivity contribution in [1.29, 1.82) is 0 Å². The Morgan fingerprint density at radius 1 is 1.14 bits per heavy atom. The van der Waals surface area contributed by atoms with Gasteiger partial charge in [0.25, 0.3) is 5.91 Å². The van der Waals surface area contributed by atoms with Gasteiger partial charge in [-0.25, -0.2) is 13.9 Å². The normalized spacial score (nSPS) is 18.3. The molecule has 1 saturated carbocycles. The van der Waals surface area contributed by atoms with Gasteiger partial charge in [0.05, 0.1) is 0 Å². The van der Waals surface area contributed by atoms with Crippen LogP contribution in [-0.2, 0) is 11.8 Å². The van der Waals surface area contributed by atoms with Crippen molar-refractivity contribution in [2.45, 2.75) is 50.5 Å². The molecule has 1 aromatic carbocycles. The largest absolute Gasteiger partial charge is 0.484 e. The molecule has 0 N–H and O–H groups in total. The molecule has 1 aliphatic carbocycles. The molecule has 0 unspecified atom stereocenters. The lowest BCUT2D eigenvalue weighted by Crippen LogP contribution is -2.41. The Bertz CT molecular complexity index is 907. The van der Waals surface area contributed by atoms with Gasteiger partial charge >= 0.3 is 5.69 Å². The zero-order valence-corrected chi connectivity index (χ0v) is 16.7. The van der Waals surface area contributed by atoms with Gasteiger partial charge in [-0.1, -0.05) is 12.8 Å². The summed E-state index contributed by atoms with van der Waals surface area (Å²) in [6.45, 7) is 1.17. The maximum Gasteiger partial charge on any atom is 0.345 e. The van der Waals surface area contributed by atoms with Crippen molar-refractivity contribution in [3.05, 3.63) is 46.4 Å². The van der Waals surface area contributed by atoms with Crippen molar-refractivity contribution in [2.75, 3.05) is 19.7 Å². The van der Waals surface area contributed by atoms with Crippen molar-refractivity contribution in [2.24, 2.45) is 7.05 Å². The van der Waals surface area contributed by atoms with Gasteiger partial charge in [-0.3, -0.25) is 9.36 Å². The molecule has 2 aromatic rings. The fourth-order valence-corrected chi connectivity index (χ4v) is 4.44. The summed E-state index contributed by atoms with van der Waals surface area (Å²) < 4.78 is 21.8. The quantitative estimate of drug-likeness (QED) is 0.771. The van der Waals surface area contributed by atoms with Gasteiger partial charge in [0, 0.05) is 32.1 Å². The van der Waals surface area contributed by atoms with E-state index < -0.39 is 0 Å². The van der Waals surface area contributed by atoms with Crippen molar-refractivity contribution < 1.29 is 13.9 Å². The average molecular weight is 402 g/mol. The topological polar surface area (TPSA) is 69.4 Å². The van der Waals surface area contributed by atoms with E-state index >= 15 is 0 Å². The minimum atomic E-state index is -0.337. The van der Waals surface area contributed by atoms with Gasteiger partial charge in [-0.05, 0) is 49.9 Å². The van der Waals surface area contributed by atoms with Crippen LogP contribution in [0.15, 0.2) is 29.1 Å². The zero-order valence-electron chi connectivity index (χ0n) is 16.7. The van der Waals surface area contributed by atoms with Crippen LogP contribution in [-0.4, -0.2) is 44.9 Å². The second kappa shape index (κ2) is 8.39. The number of ether oxygens (including phenoxy) is 1. The van der Waals surface area contributed by atoms with E-state index in [1.165, 1.54) is 28.9 Å². The fraction of sp³-hybridized carbons (Fsp3) is 0.571. The summed E-state index contributed by atoms with van der Waals surface area (Å²) in [7, 11) is 1.71. The van der Waals surface area contributed by atoms with Crippen LogP contribution in [0.25, 0.3) is 0 Å². The van der Waals surface area contributed by atoms with E-state index in [4.69, 9.17) is 4.74 Å². The Morgan fingerprint density at radius 2 is 1.79 bits per heavy atom. The monoisotopic (exact) mass is 402 g/mol. The Labute approximate surface area is 169 Å². The number of carbonyl (C=O) groups is 1. The Hall–Kier alpha value is -2.64. The molecule has 1 amide bonds. The molecule has 0 radical (unpaired) electrons. The van der Waals surface area contributed by atoms with Gasteiger partial charge in [0.2, 0.25) is 0 Å². The number of carbonyl (C=O) groups excluding carboxylic acids is 1. The highest BCUT2D eigenvalue weighted by atomic mass is 19.1. The van der Waals surface area contributed by atoms with Gasteiger partial charge < -0.3 is 9.64 Å². The van der Waals surface area contributed by atoms with Crippen LogP contribution in [0.5, 0.6) is 5.75 Å². The van der Waals surface area contributed by atoms with Crippen LogP contribution >= 0.6 is 0 Å². The SMILES string of the molecule is Cn1nc(C2CCN(C(=O)COc3ccc(F)cc3)CC2)n(C2CCCC2)c1=O. The molecule has 1 aliphatic heterocycles. The van der Waals surface area contributed by atoms with Gasteiger partial charge in [0.1, 0.15) is 17.4 Å². The van der Waals surface area contributed by atoms with Gasteiger partial charge in [0.15, 0.2) is 6.61 Å². The first kappa shape index (κ1) is 19.7. The Morgan fingerprint density at radius 3 is 2.45 bits per heavy atom. The van der Waals surface area contributed by atoms with Crippen LogP contribution in [0.4, 0.5) is 4.39 Å². The van der Waals surface area contributed by atoms with E-state index in [1.54, 1.807) is 11.9 Å². The summed E-state index contributed by atoms with van der Waals surface area (Å²) in [4.78, 5) is 26.9. The summed E-state index contributed by atoms with van der Waals surface area (Å²) in [6, 6.07) is 5.90. The van der Waals surface area contributed by atoms with Crippen LogP contribution in [0.1, 0.15) is 56.3 Å². The number of halogens is 1. The van der Waals surface area contributed by atoms with Crippen LogP contribution in [0, 0.1) is 5.82 Å². The lowest BCUT2D eigenvalue weighted by atomic mass is 9.95. The van der Waals surface area contributed by atoms with Crippen molar-refractivity contribution in [1.82, 2.24) is 19.2 Å². The summed E-state index contributed by atoms with van der Waals surface area (Å²) in [5.41, 5.74) is -0.0295. The molecule has 1 saturated heterocycles. The number of hydrogen-bond donors (Lipinski definition) is 0. The van der Waals surface area contributed by atoms with Gasteiger partial charge in [-0.15, -0.1) is 0 Å². The molecule has 2 heterocycles. The maximum atomic E-state index is 12.9. The van der Waals surface area contributed by atoms with E-state index in [2.05, 4.69) is 5.10 Å². The number of benzene rings is 1. The van der Waals surface area contributed by atoms with E-state index in [9.17, 15) is 14.0 Å². The van der Waals surface area contributed by atoms with Crippen molar-refractivity contribution in [3.63, 3.8) is 0 Å². The number of amides is 1. The number of rotatable bonds is 5. The molecule has 2 aliphatic rings. The smallest absolute Gasteiger partial charge is 0.345 e. The summed E-state index contributed by atoms with van der Waals surface area (Å²) in [5, 5.41) is 4.54. The fourth-order valence-electron chi connectivity index (χ4n) is 4.44. The molecule has 156 valence electrons. The highest BCUT2D eigenvalue weighted by molar-refractivity contribution is 5.77. The van der Waals surface area contributed by atoms with E-state index in [-0.39, 0.29) is 36.0 Å². The molecular weight excluding hydrogens is 375 g/mol. The molecule has 29 heavy (non-hydrogen) atoms. The Kier molecular flexibility index (Phi) is 5.69. The average Bonchev–Trinajstić information content (AvgIpc) is 3.36. The standard InChI is InChI=1S/C21H27FN4O3/c1-24-21(28)26(17-4-2-3-5-17)20(23-24)15-10-12-25(13-11-15)19(27)14-29-18-8-6-16(22)7-9-18/h6-9,15,17H,2-5,10-14H2,1H3. The summed E-state index contributed by atoms with van der Waals surface area (Å²) >= 11 is 0. The molecule has 7 nitrogen and oxygen atoms in total. The predicted octanol–water partition coefficient (Wildman–Crippen LogP) is 2.62. The maximum absolute atomic E-state index is 12.9. The third kappa shape index (κ3) is 4.21. The van der Waals surface area contributed by atoms with E-state index in [0.717, 1.165) is 44.3 Å². The molecule has 1 aromatic heterocycles. The number of hydrogen-bond acceptors (Lipinski definition) is 4. The number of nitrogens with zero attached hydrogens (tertiary/aromatic N) is 4. The van der Waals surface area contributed by atoms with Crippen molar-refractivity contribution >= 4 is 5.91 Å². The van der Waals surface area contributed by atoms with Crippen molar-refractivity contribution in [3.8, 4) is 5.75 Å².